The van der Waals surface area contributed by atoms with E-state index in [1.807, 2.05) is 0 Å². The molecule has 0 aromatic carbocycles. The van der Waals surface area contributed by atoms with Crippen LogP contribution in [0.3, 0.4) is 0 Å². The number of piperidine rings is 1. The quantitative estimate of drug-likeness (QED) is 0.789. The molecule has 21 heavy (non-hydrogen) atoms. The van der Waals surface area contributed by atoms with Crippen molar-refractivity contribution in [2.75, 3.05) is 18.0 Å². The van der Waals surface area contributed by atoms with Crippen molar-refractivity contribution in [2.45, 2.75) is 37.7 Å². The van der Waals surface area contributed by atoms with Gasteiger partial charge in [0.2, 0.25) is 5.28 Å². The van der Waals surface area contributed by atoms with Crippen molar-refractivity contribution in [3.63, 3.8) is 0 Å². The number of aromatic nitrogens is 4. The van der Waals surface area contributed by atoms with Crippen LogP contribution < -0.4 is 4.90 Å². The number of imidazole rings is 1. The van der Waals surface area contributed by atoms with Crippen LogP contribution in [0, 0.1) is 5.92 Å². The van der Waals surface area contributed by atoms with E-state index in [4.69, 9.17) is 11.6 Å². The zero-order valence-corrected chi connectivity index (χ0v) is 12.5. The first-order valence-electron chi connectivity index (χ1n) is 7.50. The van der Waals surface area contributed by atoms with E-state index < -0.39 is 5.60 Å². The van der Waals surface area contributed by atoms with Gasteiger partial charge >= 0.3 is 0 Å². The average Bonchev–Trinajstić information content (AvgIpc) is 2.93. The summed E-state index contributed by atoms with van der Waals surface area (Å²) in [5.41, 5.74) is 0.925. The van der Waals surface area contributed by atoms with Gasteiger partial charge in [0.1, 0.15) is 5.52 Å². The van der Waals surface area contributed by atoms with Crippen LogP contribution in [0.25, 0.3) is 11.2 Å². The van der Waals surface area contributed by atoms with E-state index in [1.54, 1.807) is 6.33 Å². The Kier molecular flexibility index (Phi) is 3.04. The first-order chi connectivity index (χ1) is 10.2. The second-order valence-electron chi connectivity index (χ2n) is 6.16. The molecule has 2 N–H and O–H groups in total. The maximum Gasteiger partial charge on any atom is 0.226 e. The summed E-state index contributed by atoms with van der Waals surface area (Å²) >= 11 is 6.01. The van der Waals surface area contributed by atoms with Crippen LogP contribution in [0.4, 0.5) is 5.82 Å². The lowest BCUT2D eigenvalue weighted by molar-refractivity contribution is -0.0613. The molecule has 2 aliphatic rings. The summed E-state index contributed by atoms with van der Waals surface area (Å²) in [6.07, 6.45) is 6.74. The molecule has 2 unspecified atom stereocenters. The number of aliphatic hydroxyl groups is 1. The Labute approximate surface area is 127 Å². The predicted molar refractivity (Wildman–Crippen MR) is 80.4 cm³/mol. The van der Waals surface area contributed by atoms with E-state index in [0.717, 1.165) is 50.1 Å². The molecule has 1 aliphatic carbocycles. The number of nitrogens with zero attached hydrogens (tertiary/aromatic N) is 4. The third-order valence-corrected chi connectivity index (χ3v) is 5.14. The third-order valence-electron chi connectivity index (χ3n) is 4.97. The molecule has 7 heteroatoms. The average molecular weight is 308 g/mol. The van der Waals surface area contributed by atoms with Crippen LogP contribution in [0.1, 0.15) is 32.1 Å². The Balaban J connectivity index is 1.68. The Morgan fingerprint density at radius 1 is 1.33 bits per heavy atom. The minimum Gasteiger partial charge on any atom is -0.389 e. The maximum atomic E-state index is 10.8. The molecule has 1 aliphatic heterocycles. The summed E-state index contributed by atoms with van der Waals surface area (Å²) in [6.45, 7) is 1.60. The molecule has 3 heterocycles. The Bertz CT molecular complexity index is 674. The summed E-state index contributed by atoms with van der Waals surface area (Å²) in [5, 5.41) is 11.0. The van der Waals surface area contributed by atoms with Gasteiger partial charge in [-0.1, -0.05) is 12.8 Å². The van der Waals surface area contributed by atoms with Crippen molar-refractivity contribution >= 4 is 28.6 Å². The van der Waals surface area contributed by atoms with Crippen LogP contribution in [0.2, 0.25) is 5.28 Å². The molecule has 2 aromatic rings. The number of anilines is 1. The number of hydrogen-bond acceptors (Lipinski definition) is 5. The minimum atomic E-state index is -0.487. The summed E-state index contributed by atoms with van der Waals surface area (Å²) in [4.78, 5) is 18.0. The highest BCUT2D eigenvalue weighted by atomic mass is 35.5. The van der Waals surface area contributed by atoms with Crippen LogP contribution in [-0.4, -0.2) is 43.7 Å². The standard InChI is InChI=1S/C14H18ClN5O/c15-13-18-11-10(16-8-17-11)12(19-13)20-6-5-14(21)4-2-1-3-9(14)7-20/h8-9,21H,1-7H2,(H,16,17,18,19). The van der Waals surface area contributed by atoms with Crippen molar-refractivity contribution in [3.8, 4) is 0 Å². The normalized spacial score (nSPS) is 29.6. The molecule has 2 aromatic heterocycles. The van der Waals surface area contributed by atoms with Crippen molar-refractivity contribution < 1.29 is 5.11 Å². The first-order valence-corrected chi connectivity index (χ1v) is 7.87. The molecule has 0 bridgehead atoms. The van der Waals surface area contributed by atoms with Gasteiger partial charge in [0.25, 0.3) is 0 Å². The number of H-pyrrole nitrogens is 1. The fourth-order valence-corrected chi connectivity index (χ4v) is 3.94. The third kappa shape index (κ3) is 2.17. The highest BCUT2D eigenvalue weighted by Crippen LogP contribution is 2.41. The van der Waals surface area contributed by atoms with Gasteiger partial charge in [0.15, 0.2) is 11.5 Å². The number of aromatic amines is 1. The number of hydrogen-bond donors (Lipinski definition) is 2. The summed E-state index contributed by atoms with van der Waals surface area (Å²) < 4.78 is 0. The molecule has 2 fully saturated rings. The molecule has 0 radical (unpaired) electrons. The molecule has 1 saturated carbocycles. The smallest absolute Gasteiger partial charge is 0.226 e. The number of nitrogens with one attached hydrogen (secondary N) is 1. The minimum absolute atomic E-state index is 0.217. The van der Waals surface area contributed by atoms with Crippen molar-refractivity contribution in [1.29, 1.82) is 0 Å². The van der Waals surface area contributed by atoms with Crippen LogP contribution in [0.15, 0.2) is 6.33 Å². The lowest BCUT2D eigenvalue weighted by Gasteiger charge is -2.47. The lowest BCUT2D eigenvalue weighted by Crippen LogP contribution is -2.53. The van der Waals surface area contributed by atoms with Gasteiger partial charge in [0.05, 0.1) is 11.9 Å². The van der Waals surface area contributed by atoms with E-state index in [-0.39, 0.29) is 5.28 Å². The molecule has 1 saturated heterocycles. The monoisotopic (exact) mass is 307 g/mol. The number of fused-ring (bicyclic) bond motifs is 2. The molecule has 6 nitrogen and oxygen atoms in total. The molecule has 112 valence electrons. The van der Waals surface area contributed by atoms with Crippen LogP contribution in [0.5, 0.6) is 0 Å². The first kappa shape index (κ1) is 13.3. The van der Waals surface area contributed by atoms with E-state index in [1.165, 1.54) is 6.42 Å². The topological polar surface area (TPSA) is 77.9 Å². The van der Waals surface area contributed by atoms with Gasteiger partial charge in [-0.15, -0.1) is 0 Å². The second kappa shape index (κ2) is 4.81. The molecular weight excluding hydrogens is 290 g/mol. The van der Waals surface area contributed by atoms with Crippen molar-refractivity contribution in [2.24, 2.45) is 5.92 Å². The van der Waals surface area contributed by atoms with Gasteiger partial charge < -0.3 is 15.0 Å². The van der Waals surface area contributed by atoms with Gasteiger partial charge in [-0.2, -0.15) is 9.97 Å². The maximum absolute atomic E-state index is 10.8. The Hall–Kier alpha value is -1.40. The summed E-state index contributed by atoms with van der Waals surface area (Å²) in [5.74, 6) is 1.11. The van der Waals surface area contributed by atoms with Crippen molar-refractivity contribution in [1.82, 2.24) is 19.9 Å². The van der Waals surface area contributed by atoms with Gasteiger partial charge in [-0.3, -0.25) is 0 Å². The van der Waals surface area contributed by atoms with Gasteiger partial charge in [-0.05, 0) is 30.9 Å². The molecule has 4 rings (SSSR count). The van der Waals surface area contributed by atoms with E-state index in [2.05, 4.69) is 24.8 Å². The molecule has 0 spiro atoms. The van der Waals surface area contributed by atoms with Gasteiger partial charge in [-0.25, -0.2) is 4.98 Å². The molecule has 2 atom stereocenters. The summed E-state index contributed by atoms with van der Waals surface area (Å²) in [6, 6.07) is 0. The van der Waals surface area contributed by atoms with Crippen LogP contribution >= 0.6 is 11.6 Å². The zero-order valence-electron chi connectivity index (χ0n) is 11.7. The Morgan fingerprint density at radius 3 is 3.14 bits per heavy atom. The largest absolute Gasteiger partial charge is 0.389 e. The highest BCUT2D eigenvalue weighted by Gasteiger charge is 2.43. The predicted octanol–water partition coefficient (Wildman–Crippen LogP) is 2.14. The molecule has 0 amide bonds. The summed E-state index contributed by atoms with van der Waals surface area (Å²) in [7, 11) is 0. The SMILES string of the molecule is OC12CCCCC1CN(c1nc(Cl)nc3nc[nH]c13)CC2. The van der Waals surface area contributed by atoms with Crippen molar-refractivity contribution in [3.05, 3.63) is 11.6 Å². The fourth-order valence-electron chi connectivity index (χ4n) is 3.78. The van der Waals surface area contributed by atoms with Crippen LogP contribution in [-0.2, 0) is 0 Å². The zero-order chi connectivity index (χ0) is 14.4. The number of rotatable bonds is 1. The fraction of sp³-hybridized carbons (Fsp3) is 0.643. The second-order valence-corrected chi connectivity index (χ2v) is 6.50. The van der Waals surface area contributed by atoms with Gasteiger partial charge in [0, 0.05) is 19.0 Å². The lowest BCUT2D eigenvalue weighted by atomic mass is 9.71. The number of halogens is 1. The van der Waals surface area contributed by atoms with E-state index >= 15 is 0 Å². The highest BCUT2D eigenvalue weighted by molar-refractivity contribution is 6.28. The van der Waals surface area contributed by atoms with E-state index in [9.17, 15) is 5.11 Å². The molecular formula is C14H18ClN5O. The van der Waals surface area contributed by atoms with E-state index in [0.29, 0.717) is 11.6 Å². The Morgan fingerprint density at radius 2 is 2.24 bits per heavy atom.